The molecular weight excluding hydrogens is 490 g/mol. The predicted octanol–water partition coefficient (Wildman–Crippen LogP) is 3.59. The zero-order chi connectivity index (χ0) is 23.7. The van der Waals surface area contributed by atoms with Crippen LogP contribution in [0.5, 0.6) is 0 Å². The van der Waals surface area contributed by atoms with E-state index in [1.165, 1.54) is 36.4 Å². The molecule has 6 nitrogen and oxygen atoms in total. The van der Waals surface area contributed by atoms with E-state index in [1.807, 2.05) is 0 Å². The summed E-state index contributed by atoms with van der Waals surface area (Å²) in [5.41, 5.74) is 4.64. The summed E-state index contributed by atoms with van der Waals surface area (Å²) in [6, 6.07) is 6.31. The van der Waals surface area contributed by atoms with Crippen molar-refractivity contribution in [3.05, 3.63) is 64.1 Å². The summed E-state index contributed by atoms with van der Waals surface area (Å²) in [6.45, 7) is 0. The Morgan fingerprint density at radius 1 is 1.09 bits per heavy atom. The molecule has 32 heavy (non-hydrogen) atoms. The van der Waals surface area contributed by atoms with Crippen LogP contribution in [0.3, 0.4) is 0 Å². The van der Waals surface area contributed by atoms with E-state index in [2.05, 4.69) is 10.6 Å². The van der Waals surface area contributed by atoms with Gasteiger partial charge in [0.05, 0.1) is 26.4 Å². The largest absolute Gasteiger partial charge is 0.407 e. The lowest BCUT2D eigenvalue weighted by Gasteiger charge is -2.28. The molecule has 0 saturated heterocycles. The van der Waals surface area contributed by atoms with Gasteiger partial charge in [0.25, 0.3) is 0 Å². The van der Waals surface area contributed by atoms with Crippen LogP contribution < -0.4 is 16.4 Å². The van der Waals surface area contributed by atoms with Gasteiger partial charge in [0.2, 0.25) is 5.91 Å². The summed E-state index contributed by atoms with van der Waals surface area (Å²) in [5, 5.41) is 4.68. The van der Waals surface area contributed by atoms with Crippen molar-refractivity contribution in [1.82, 2.24) is 10.6 Å². The Morgan fingerprint density at radius 2 is 1.72 bits per heavy atom. The lowest BCUT2D eigenvalue weighted by molar-refractivity contribution is -0.160. The first-order chi connectivity index (χ1) is 14.8. The Bertz CT molecular complexity index is 1090. The smallest absolute Gasteiger partial charge is 0.337 e. The Morgan fingerprint density at radius 3 is 2.25 bits per heavy atom. The second-order valence-electron chi connectivity index (χ2n) is 7.61. The highest BCUT2D eigenvalue weighted by Gasteiger charge is 2.46. The van der Waals surface area contributed by atoms with E-state index in [0.717, 1.165) is 6.07 Å². The van der Waals surface area contributed by atoms with E-state index in [0.29, 0.717) is 12.8 Å². The molecule has 174 valence electrons. The molecule has 2 atom stereocenters. The van der Waals surface area contributed by atoms with Crippen LogP contribution in [0.25, 0.3) is 0 Å². The molecular formula is C20H20Cl2F3N3O3S. The predicted molar refractivity (Wildman–Crippen MR) is 115 cm³/mol. The van der Waals surface area contributed by atoms with Gasteiger partial charge in [0.15, 0.2) is 9.84 Å². The van der Waals surface area contributed by atoms with Gasteiger partial charge >= 0.3 is 6.18 Å². The maximum Gasteiger partial charge on any atom is 0.407 e. The second-order valence-corrected chi connectivity index (χ2v) is 10.5. The number of carbonyl (C=O) groups excluding carboxylic acids is 1. The van der Waals surface area contributed by atoms with Crippen LogP contribution in [0.15, 0.2) is 53.4 Å². The van der Waals surface area contributed by atoms with Crippen LogP contribution in [0, 0.1) is 0 Å². The van der Waals surface area contributed by atoms with E-state index >= 15 is 0 Å². The molecule has 0 aromatic heterocycles. The van der Waals surface area contributed by atoms with Crippen LogP contribution in [-0.2, 0) is 14.6 Å². The summed E-state index contributed by atoms with van der Waals surface area (Å²) in [5.74, 6) is -1.90. The third-order valence-electron chi connectivity index (χ3n) is 4.94. The first kappa shape index (κ1) is 24.8. The van der Waals surface area contributed by atoms with Crippen LogP contribution in [0.2, 0.25) is 10.0 Å². The molecule has 4 N–H and O–H groups in total. The van der Waals surface area contributed by atoms with Crippen molar-refractivity contribution >= 4 is 38.9 Å². The van der Waals surface area contributed by atoms with Gasteiger partial charge in [-0.1, -0.05) is 53.5 Å². The Kier molecular flexibility index (Phi) is 7.11. The SMILES string of the molecule is NC1(NC(=O)[C@H](CS(=O)(=O)c2ccc(Cl)c(Cl)c2)N[C@@H](c2ccccc2)C(F)(F)F)CC1. The number of alkyl halides is 3. The quantitative estimate of drug-likeness (QED) is 0.472. The molecule has 12 heteroatoms. The Balaban J connectivity index is 1.93. The number of halogens is 5. The van der Waals surface area contributed by atoms with E-state index in [4.69, 9.17) is 28.9 Å². The van der Waals surface area contributed by atoms with Crippen LogP contribution in [0.4, 0.5) is 13.2 Å². The van der Waals surface area contributed by atoms with Crippen molar-refractivity contribution in [2.45, 2.75) is 41.7 Å². The molecule has 0 bridgehead atoms. The summed E-state index contributed by atoms with van der Waals surface area (Å²) in [4.78, 5) is 12.5. The van der Waals surface area contributed by atoms with Gasteiger partial charge in [-0.2, -0.15) is 13.2 Å². The number of benzene rings is 2. The van der Waals surface area contributed by atoms with Gasteiger partial charge < -0.3 is 11.1 Å². The molecule has 1 fully saturated rings. The Hall–Kier alpha value is -1.85. The van der Waals surface area contributed by atoms with E-state index < -0.39 is 45.4 Å². The molecule has 2 aromatic rings. The molecule has 1 aliphatic carbocycles. The van der Waals surface area contributed by atoms with Crippen molar-refractivity contribution in [2.24, 2.45) is 5.73 Å². The van der Waals surface area contributed by atoms with E-state index in [-0.39, 0.29) is 20.5 Å². The van der Waals surface area contributed by atoms with Crippen molar-refractivity contribution in [1.29, 1.82) is 0 Å². The summed E-state index contributed by atoms with van der Waals surface area (Å²) in [6.07, 6.45) is -3.92. The number of sulfone groups is 1. The average Bonchev–Trinajstić information content (AvgIpc) is 3.43. The standard InChI is InChI=1S/C20H20Cl2F3N3O3S/c21-14-7-6-13(10-15(14)22)32(30,31)11-16(18(29)28-19(26)8-9-19)27-17(20(23,24)25)12-4-2-1-3-5-12/h1-7,10,16-17,27H,8-9,11,26H2,(H,28,29)/t16-,17-/m0/s1. The van der Waals surface area contributed by atoms with Crippen molar-refractivity contribution in [3.8, 4) is 0 Å². The van der Waals surface area contributed by atoms with E-state index in [1.54, 1.807) is 6.07 Å². The lowest BCUT2D eigenvalue weighted by atomic mass is 10.1. The molecule has 0 unspecified atom stereocenters. The van der Waals surface area contributed by atoms with Gasteiger partial charge in [-0.15, -0.1) is 0 Å². The number of hydrogen-bond donors (Lipinski definition) is 3. The zero-order valence-electron chi connectivity index (χ0n) is 16.5. The number of rotatable bonds is 8. The van der Waals surface area contributed by atoms with Gasteiger partial charge in [0.1, 0.15) is 12.1 Å². The number of hydrogen-bond acceptors (Lipinski definition) is 5. The molecule has 1 amide bonds. The van der Waals surface area contributed by atoms with Gasteiger partial charge in [-0.25, -0.2) is 8.42 Å². The van der Waals surface area contributed by atoms with Gasteiger partial charge in [-0.05, 0) is 36.6 Å². The monoisotopic (exact) mass is 509 g/mol. The second kappa shape index (κ2) is 9.18. The summed E-state index contributed by atoms with van der Waals surface area (Å²) in [7, 11) is -4.23. The minimum atomic E-state index is -4.80. The molecule has 2 aromatic carbocycles. The Labute approximate surface area is 193 Å². The maximum atomic E-state index is 13.8. The summed E-state index contributed by atoms with van der Waals surface area (Å²) < 4.78 is 67.3. The van der Waals surface area contributed by atoms with Crippen molar-refractivity contribution in [2.75, 3.05) is 5.75 Å². The number of nitrogens with one attached hydrogen (secondary N) is 2. The normalized spacial score (nSPS) is 17.4. The van der Waals surface area contributed by atoms with Gasteiger partial charge in [0, 0.05) is 0 Å². The molecule has 1 aliphatic rings. The highest BCUT2D eigenvalue weighted by atomic mass is 35.5. The minimum Gasteiger partial charge on any atom is -0.337 e. The van der Waals surface area contributed by atoms with Crippen molar-refractivity contribution in [3.63, 3.8) is 0 Å². The third kappa shape index (κ3) is 6.14. The number of nitrogens with two attached hydrogens (primary N) is 1. The molecule has 0 radical (unpaired) electrons. The van der Waals surface area contributed by atoms with Crippen LogP contribution in [-0.4, -0.2) is 38.0 Å². The third-order valence-corrected chi connectivity index (χ3v) is 7.43. The summed E-state index contributed by atoms with van der Waals surface area (Å²) >= 11 is 11.7. The van der Waals surface area contributed by atoms with E-state index in [9.17, 15) is 26.4 Å². The van der Waals surface area contributed by atoms with Crippen molar-refractivity contribution < 1.29 is 26.4 Å². The molecule has 1 saturated carbocycles. The molecule has 0 heterocycles. The van der Waals surface area contributed by atoms with Crippen LogP contribution >= 0.6 is 23.2 Å². The first-order valence-corrected chi connectivity index (χ1v) is 11.9. The number of carbonyl (C=O) groups is 1. The molecule has 3 rings (SSSR count). The number of amides is 1. The van der Waals surface area contributed by atoms with Gasteiger partial charge in [-0.3, -0.25) is 10.1 Å². The fraction of sp³-hybridized carbons (Fsp3) is 0.350. The lowest BCUT2D eigenvalue weighted by Crippen LogP contribution is -2.56. The fourth-order valence-corrected chi connectivity index (χ4v) is 4.82. The molecule has 0 spiro atoms. The maximum absolute atomic E-state index is 13.8. The van der Waals surface area contributed by atoms with Crippen LogP contribution in [0.1, 0.15) is 24.4 Å². The zero-order valence-corrected chi connectivity index (χ0v) is 18.8. The highest BCUT2D eigenvalue weighted by Crippen LogP contribution is 2.34. The topological polar surface area (TPSA) is 101 Å². The fourth-order valence-electron chi connectivity index (χ4n) is 3.00. The molecule has 0 aliphatic heterocycles. The highest BCUT2D eigenvalue weighted by molar-refractivity contribution is 7.91. The first-order valence-electron chi connectivity index (χ1n) is 9.47. The average molecular weight is 510 g/mol. The minimum absolute atomic E-state index is 0.0435.